The third-order valence-electron chi connectivity index (χ3n) is 5.24. The van der Waals surface area contributed by atoms with E-state index in [2.05, 4.69) is 4.72 Å². The van der Waals surface area contributed by atoms with Crippen LogP contribution in [0.2, 0.25) is 0 Å². The Morgan fingerprint density at radius 3 is 2.38 bits per heavy atom. The second-order valence-electron chi connectivity index (χ2n) is 8.03. The summed E-state index contributed by atoms with van der Waals surface area (Å²) in [6.07, 6.45) is -0.954. The summed E-state index contributed by atoms with van der Waals surface area (Å²) in [6.45, 7) is 6.41. The molecule has 0 spiro atoms. The van der Waals surface area contributed by atoms with E-state index in [9.17, 15) is 30.8 Å². The zero-order valence-corrected chi connectivity index (χ0v) is 20.1. The minimum Gasteiger partial charge on any atom is -0.451 e. The molecular formula is C20H29FN2O7S2. The van der Waals surface area contributed by atoms with Crippen molar-refractivity contribution in [2.75, 3.05) is 18.1 Å². The number of esters is 1. The minimum absolute atomic E-state index is 0.0110. The Kier molecular flexibility index (Phi) is 8.40. The summed E-state index contributed by atoms with van der Waals surface area (Å²) in [5.41, 5.74) is 0. The lowest BCUT2D eigenvalue weighted by atomic mass is 10.1. The highest BCUT2D eigenvalue weighted by Crippen LogP contribution is 2.20. The van der Waals surface area contributed by atoms with Gasteiger partial charge in [-0.3, -0.25) is 9.59 Å². The predicted octanol–water partition coefficient (Wildman–Crippen LogP) is 1.10. The molecule has 0 saturated carbocycles. The van der Waals surface area contributed by atoms with Crippen molar-refractivity contribution in [2.45, 2.75) is 57.2 Å². The van der Waals surface area contributed by atoms with Crippen LogP contribution in [0.25, 0.3) is 0 Å². The van der Waals surface area contributed by atoms with Gasteiger partial charge in [0.2, 0.25) is 10.0 Å². The van der Waals surface area contributed by atoms with Crippen molar-refractivity contribution >= 4 is 31.7 Å². The zero-order chi connectivity index (χ0) is 24.3. The highest BCUT2D eigenvalue weighted by molar-refractivity contribution is 7.91. The number of benzene rings is 1. The van der Waals surface area contributed by atoms with E-state index >= 15 is 0 Å². The molecule has 1 aliphatic rings. The Hall–Kier alpha value is -2.05. The lowest BCUT2D eigenvalue weighted by Gasteiger charge is -2.30. The van der Waals surface area contributed by atoms with Crippen LogP contribution in [0.1, 0.15) is 34.1 Å². The van der Waals surface area contributed by atoms with Crippen molar-refractivity contribution in [3.05, 3.63) is 30.1 Å². The Balaban J connectivity index is 2.13. The number of hydrogen-bond donors (Lipinski definition) is 1. The van der Waals surface area contributed by atoms with Gasteiger partial charge in [-0.15, -0.1) is 0 Å². The molecule has 1 N–H and O–H groups in total. The van der Waals surface area contributed by atoms with E-state index in [0.29, 0.717) is 6.42 Å². The van der Waals surface area contributed by atoms with Gasteiger partial charge in [0.15, 0.2) is 15.9 Å². The first-order valence-corrected chi connectivity index (χ1v) is 13.6. The molecule has 1 aromatic carbocycles. The fourth-order valence-electron chi connectivity index (χ4n) is 3.50. The third kappa shape index (κ3) is 6.26. The van der Waals surface area contributed by atoms with E-state index in [-0.39, 0.29) is 18.1 Å². The van der Waals surface area contributed by atoms with Gasteiger partial charge in [-0.2, -0.15) is 4.72 Å². The number of halogens is 1. The summed E-state index contributed by atoms with van der Waals surface area (Å²) >= 11 is 0. The van der Waals surface area contributed by atoms with Crippen LogP contribution in [0.4, 0.5) is 4.39 Å². The van der Waals surface area contributed by atoms with Gasteiger partial charge in [-0.25, -0.2) is 21.2 Å². The second kappa shape index (κ2) is 10.3. The number of sulfonamides is 1. The molecular weight excluding hydrogens is 463 g/mol. The van der Waals surface area contributed by atoms with Crippen molar-refractivity contribution in [3.63, 3.8) is 0 Å². The maximum Gasteiger partial charge on any atom is 0.325 e. The molecule has 9 nitrogen and oxygen atoms in total. The second-order valence-corrected chi connectivity index (χ2v) is 11.9. The molecule has 0 aromatic heterocycles. The molecule has 0 radical (unpaired) electrons. The standard InChI is InChI=1S/C20H29FN2O7S2/c1-5-23(15-10-11-31(26,27)12-15)19(24)14(4)30-20(25)18(13(2)3)22-32(28,29)17-9-7-6-8-16(17)21/h6-9,13-15,18,22H,5,10-12H2,1-4H3/t14?,15?,18-/m0/s1. The normalized spacial score (nSPS) is 20.0. The first-order valence-electron chi connectivity index (χ1n) is 10.3. The zero-order valence-electron chi connectivity index (χ0n) is 18.4. The van der Waals surface area contributed by atoms with Crippen LogP contribution in [0.15, 0.2) is 29.2 Å². The first kappa shape index (κ1) is 26.2. The summed E-state index contributed by atoms with van der Waals surface area (Å²) in [5, 5.41) is 0. The SMILES string of the molecule is CCN(C(=O)C(C)OC(=O)[C@@H](NS(=O)(=O)c1ccccc1F)C(C)C)C1CCS(=O)(=O)C1. The van der Waals surface area contributed by atoms with Gasteiger partial charge < -0.3 is 9.64 Å². The average Bonchev–Trinajstić information content (AvgIpc) is 3.05. The van der Waals surface area contributed by atoms with E-state index in [1.165, 1.54) is 24.0 Å². The van der Waals surface area contributed by atoms with Crippen LogP contribution in [0, 0.1) is 11.7 Å². The number of ether oxygens (including phenoxy) is 1. The molecule has 0 aliphatic carbocycles. The van der Waals surface area contributed by atoms with Crippen LogP contribution in [0.5, 0.6) is 0 Å². The topological polar surface area (TPSA) is 127 Å². The summed E-state index contributed by atoms with van der Waals surface area (Å²) in [6, 6.07) is 2.88. The number of amides is 1. The van der Waals surface area contributed by atoms with Gasteiger partial charge in [-0.1, -0.05) is 26.0 Å². The predicted molar refractivity (Wildman–Crippen MR) is 115 cm³/mol. The van der Waals surface area contributed by atoms with Crippen LogP contribution in [-0.4, -0.2) is 69.9 Å². The summed E-state index contributed by atoms with van der Waals surface area (Å²) in [7, 11) is -7.59. The molecule has 1 amide bonds. The molecule has 2 rings (SSSR count). The highest BCUT2D eigenvalue weighted by atomic mass is 32.2. The maximum atomic E-state index is 14.0. The Morgan fingerprint density at radius 2 is 1.88 bits per heavy atom. The van der Waals surface area contributed by atoms with Crippen LogP contribution in [-0.2, 0) is 34.2 Å². The first-order chi connectivity index (χ1) is 14.8. The summed E-state index contributed by atoms with van der Waals surface area (Å²) in [5.74, 6) is -3.25. The van der Waals surface area contributed by atoms with Crippen LogP contribution >= 0.6 is 0 Å². The smallest absolute Gasteiger partial charge is 0.325 e. The third-order valence-corrected chi connectivity index (χ3v) is 8.47. The van der Waals surface area contributed by atoms with E-state index in [4.69, 9.17) is 4.74 Å². The molecule has 32 heavy (non-hydrogen) atoms. The number of nitrogens with zero attached hydrogens (tertiary/aromatic N) is 1. The molecule has 1 aliphatic heterocycles. The van der Waals surface area contributed by atoms with Crippen molar-refractivity contribution in [3.8, 4) is 0 Å². The number of rotatable bonds is 9. The number of sulfone groups is 1. The quantitative estimate of drug-likeness (QED) is 0.511. The number of carbonyl (C=O) groups is 2. The van der Waals surface area contributed by atoms with E-state index < -0.39 is 66.6 Å². The van der Waals surface area contributed by atoms with Gasteiger partial charge in [0.05, 0.1) is 11.5 Å². The Labute approximate surface area is 188 Å². The molecule has 2 unspecified atom stereocenters. The minimum atomic E-state index is -4.37. The molecule has 1 saturated heterocycles. The van der Waals surface area contributed by atoms with Crippen molar-refractivity contribution in [1.29, 1.82) is 0 Å². The summed E-state index contributed by atoms with van der Waals surface area (Å²) < 4.78 is 70.0. The van der Waals surface area contributed by atoms with Gasteiger partial charge in [0, 0.05) is 12.6 Å². The highest BCUT2D eigenvalue weighted by Gasteiger charge is 2.38. The molecule has 3 atom stereocenters. The van der Waals surface area contributed by atoms with Gasteiger partial charge >= 0.3 is 5.97 Å². The molecule has 1 fully saturated rings. The van der Waals surface area contributed by atoms with E-state index in [1.807, 2.05) is 0 Å². The summed E-state index contributed by atoms with van der Waals surface area (Å²) in [4.78, 5) is 26.3. The number of nitrogens with one attached hydrogen (secondary N) is 1. The molecule has 0 bridgehead atoms. The van der Waals surface area contributed by atoms with Crippen molar-refractivity contribution in [2.24, 2.45) is 5.92 Å². The molecule has 180 valence electrons. The maximum absolute atomic E-state index is 14.0. The monoisotopic (exact) mass is 492 g/mol. The largest absolute Gasteiger partial charge is 0.451 e. The van der Waals surface area contributed by atoms with E-state index in [1.54, 1.807) is 20.8 Å². The molecule has 1 aromatic rings. The number of hydrogen-bond acceptors (Lipinski definition) is 7. The lowest BCUT2D eigenvalue weighted by Crippen LogP contribution is -2.50. The van der Waals surface area contributed by atoms with Crippen LogP contribution < -0.4 is 4.72 Å². The Bertz CT molecular complexity index is 1060. The lowest BCUT2D eigenvalue weighted by molar-refractivity contribution is -0.162. The number of carbonyl (C=O) groups excluding carboxylic acids is 2. The van der Waals surface area contributed by atoms with Crippen molar-refractivity contribution < 1.29 is 35.6 Å². The van der Waals surface area contributed by atoms with Gasteiger partial charge in [0.1, 0.15) is 16.8 Å². The molecule has 1 heterocycles. The Morgan fingerprint density at radius 1 is 1.25 bits per heavy atom. The fourth-order valence-corrected chi connectivity index (χ4v) is 6.64. The number of likely N-dealkylation sites (N-methyl/N-ethyl adjacent to an activating group) is 1. The fraction of sp³-hybridized carbons (Fsp3) is 0.600. The van der Waals surface area contributed by atoms with Crippen LogP contribution in [0.3, 0.4) is 0 Å². The van der Waals surface area contributed by atoms with E-state index in [0.717, 1.165) is 12.1 Å². The average molecular weight is 493 g/mol. The van der Waals surface area contributed by atoms with Gasteiger partial charge in [-0.05, 0) is 38.3 Å². The molecule has 12 heteroatoms. The van der Waals surface area contributed by atoms with Crippen molar-refractivity contribution in [1.82, 2.24) is 9.62 Å². The van der Waals surface area contributed by atoms with Gasteiger partial charge in [0.25, 0.3) is 5.91 Å².